The molecule has 0 unspecified atom stereocenters. The molecule has 1 aromatic rings. The Balaban J connectivity index is 2.57. The number of alkyl halides is 3. The maximum Gasteiger partial charge on any atom is 0.573 e. The van der Waals surface area contributed by atoms with Crippen LogP contribution in [0.1, 0.15) is 5.56 Å². The summed E-state index contributed by atoms with van der Waals surface area (Å²) in [5, 5.41) is 10.4. The molecule has 0 aromatic heterocycles. The SMILES string of the molecule is O=C(O)NCc1ccc(OC(F)(F)F)cc1. The molecule has 7 heteroatoms. The van der Waals surface area contributed by atoms with Gasteiger partial charge in [-0.3, -0.25) is 0 Å². The molecule has 2 N–H and O–H groups in total. The van der Waals surface area contributed by atoms with Crippen LogP contribution in [0.15, 0.2) is 24.3 Å². The van der Waals surface area contributed by atoms with E-state index in [1.54, 1.807) is 0 Å². The Bertz CT molecular complexity index is 361. The molecule has 0 aliphatic rings. The van der Waals surface area contributed by atoms with E-state index in [1.165, 1.54) is 12.1 Å². The molecule has 0 saturated heterocycles. The second-order valence-corrected chi connectivity index (χ2v) is 2.85. The molecule has 0 saturated carbocycles. The number of carboxylic acid groups (broad SMARTS) is 1. The first kappa shape index (κ1) is 12.2. The minimum Gasteiger partial charge on any atom is -0.465 e. The zero-order valence-corrected chi connectivity index (χ0v) is 7.91. The quantitative estimate of drug-likeness (QED) is 0.845. The summed E-state index contributed by atoms with van der Waals surface area (Å²) in [5.41, 5.74) is 0.539. The first-order valence-corrected chi connectivity index (χ1v) is 4.18. The van der Waals surface area contributed by atoms with Crippen LogP contribution in [0.3, 0.4) is 0 Å². The van der Waals surface area contributed by atoms with Gasteiger partial charge in [-0.05, 0) is 17.7 Å². The van der Waals surface area contributed by atoms with Crippen LogP contribution >= 0.6 is 0 Å². The monoisotopic (exact) mass is 235 g/mol. The first-order chi connectivity index (χ1) is 7.37. The topological polar surface area (TPSA) is 58.6 Å². The van der Waals surface area contributed by atoms with Crippen LogP contribution in [-0.4, -0.2) is 17.6 Å². The molecule has 0 aliphatic heterocycles. The molecule has 4 nitrogen and oxygen atoms in total. The van der Waals surface area contributed by atoms with Crippen molar-refractivity contribution >= 4 is 6.09 Å². The molecule has 0 spiro atoms. The molecule has 0 aliphatic carbocycles. The lowest BCUT2D eigenvalue weighted by Gasteiger charge is -2.09. The normalized spacial score (nSPS) is 10.9. The molecule has 0 bridgehead atoms. The van der Waals surface area contributed by atoms with Gasteiger partial charge in [-0.25, -0.2) is 4.79 Å². The summed E-state index contributed by atoms with van der Waals surface area (Å²) in [6.07, 6.45) is -5.92. The average Bonchev–Trinajstić information content (AvgIpc) is 2.14. The van der Waals surface area contributed by atoms with Crippen LogP contribution in [0.4, 0.5) is 18.0 Å². The van der Waals surface area contributed by atoms with Crippen LogP contribution in [0.2, 0.25) is 0 Å². The Hall–Kier alpha value is -1.92. The molecule has 1 amide bonds. The zero-order valence-electron chi connectivity index (χ0n) is 7.91. The third-order valence-electron chi connectivity index (χ3n) is 1.60. The summed E-state index contributed by atoms with van der Waals surface area (Å²) in [4.78, 5) is 10.1. The minimum absolute atomic E-state index is 0.0294. The van der Waals surface area contributed by atoms with Crippen LogP contribution < -0.4 is 10.1 Å². The van der Waals surface area contributed by atoms with Crippen molar-refractivity contribution in [2.75, 3.05) is 0 Å². The maximum atomic E-state index is 11.8. The predicted molar refractivity (Wildman–Crippen MR) is 48.0 cm³/mol. The summed E-state index contributed by atoms with van der Waals surface area (Å²) >= 11 is 0. The van der Waals surface area contributed by atoms with Gasteiger partial charge in [-0.15, -0.1) is 13.2 Å². The summed E-state index contributed by atoms with van der Waals surface area (Å²) in [5.74, 6) is -0.341. The van der Waals surface area contributed by atoms with Gasteiger partial charge in [-0.2, -0.15) is 0 Å². The molecule has 1 aromatic carbocycles. The van der Waals surface area contributed by atoms with Crippen molar-refractivity contribution in [2.45, 2.75) is 12.9 Å². The van der Waals surface area contributed by atoms with Crippen molar-refractivity contribution in [3.05, 3.63) is 29.8 Å². The highest BCUT2D eigenvalue weighted by Crippen LogP contribution is 2.22. The Kier molecular flexibility index (Phi) is 3.60. The Morgan fingerprint density at radius 3 is 2.31 bits per heavy atom. The van der Waals surface area contributed by atoms with Gasteiger partial charge in [-0.1, -0.05) is 12.1 Å². The standard InChI is InChI=1S/C9H8F3NO3/c10-9(11,12)16-7-3-1-6(2-4-7)5-13-8(14)15/h1-4,13H,5H2,(H,14,15). The van der Waals surface area contributed by atoms with Crippen LogP contribution in [0.25, 0.3) is 0 Å². The van der Waals surface area contributed by atoms with E-state index < -0.39 is 12.5 Å². The molecular weight excluding hydrogens is 227 g/mol. The molecule has 16 heavy (non-hydrogen) atoms. The number of carbonyl (C=O) groups is 1. The van der Waals surface area contributed by atoms with E-state index in [-0.39, 0.29) is 12.3 Å². The summed E-state index contributed by atoms with van der Waals surface area (Å²) < 4.78 is 39.0. The minimum atomic E-state index is -4.72. The van der Waals surface area contributed by atoms with Gasteiger partial charge in [0, 0.05) is 6.54 Å². The molecular formula is C9H8F3NO3. The lowest BCUT2D eigenvalue weighted by atomic mass is 10.2. The van der Waals surface area contributed by atoms with Gasteiger partial charge in [0.2, 0.25) is 0 Å². The highest BCUT2D eigenvalue weighted by molar-refractivity contribution is 5.64. The zero-order chi connectivity index (χ0) is 12.2. The largest absolute Gasteiger partial charge is 0.573 e. The van der Waals surface area contributed by atoms with Crippen molar-refractivity contribution < 1.29 is 27.8 Å². The van der Waals surface area contributed by atoms with E-state index in [2.05, 4.69) is 10.1 Å². The van der Waals surface area contributed by atoms with Crippen molar-refractivity contribution in [3.8, 4) is 5.75 Å². The second-order valence-electron chi connectivity index (χ2n) is 2.85. The van der Waals surface area contributed by atoms with E-state index in [0.717, 1.165) is 12.1 Å². The van der Waals surface area contributed by atoms with Crippen molar-refractivity contribution in [3.63, 3.8) is 0 Å². The lowest BCUT2D eigenvalue weighted by Crippen LogP contribution is -2.20. The lowest BCUT2D eigenvalue weighted by molar-refractivity contribution is -0.274. The summed E-state index contributed by atoms with van der Waals surface area (Å²) in [6, 6.07) is 4.92. The van der Waals surface area contributed by atoms with Gasteiger partial charge in [0.25, 0.3) is 0 Å². The average molecular weight is 235 g/mol. The number of hydrogen-bond donors (Lipinski definition) is 2. The fourth-order valence-corrected chi connectivity index (χ4v) is 0.987. The van der Waals surface area contributed by atoms with Crippen LogP contribution in [0, 0.1) is 0 Å². The van der Waals surface area contributed by atoms with Crippen molar-refractivity contribution in [2.24, 2.45) is 0 Å². The maximum absolute atomic E-state index is 11.8. The highest BCUT2D eigenvalue weighted by Gasteiger charge is 2.30. The molecule has 0 atom stereocenters. The van der Waals surface area contributed by atoms with Crippen molar-refractivity contribution in [1.29, 1.82) is 0 Å². The van der Waals surface area contributed by atoms with Crippen LogP contribution in [-0.2, 0) is 6.54 Å². The number of nitrogens with one attached hydrogen (secondary N) is 1. The van der Waals surface area contributed by atoms with Gasteiger partial charge < -0.3 is 15.2 Å². The third kappa shape index (κ3) is 4.54. The number of ether oxygens (including phenoxy) is 1. The fraction of sp³-hybridized carbons (Fsp3) is 0.222. The van der Waals surface area contributed by atoms with Gasteiger partial charge in [0.1, 0.15) is 5.75 Å². The molecule has 88 valence electrons. The smallest absolute Gasteiger partial charge is 0.465 e. The van der Waals surface area contributed by atoms with Gasteiger partial charge >= 0.3 is 12.5 Å². The predicted octanol–water partition coefficient (Wildman–Crippen LogP) is 2.35. The summed E-state index contributed by atoms with van der Waals surface area (Å²) in [6.45, 7) is 0.0294. The highest BCUT2D eigenvalue weighted by atomic mass is 19.4. The van der Waals surface area contributed by atoms with E-state index in [9.17, 15) is 18.0 Å². The van der Waals surface area contributed by atoms with Gasteiger partial charge in [0.05, 0.1) is 0 Å². The van der Waals surface area contributed by atoms with Crippen molar-refractivity contribution in [1.82, 2.24) is 5.32 Å². The third-order valence-corrected chi connectivity index (χ3v) is 1.60. The first-order valence-electron chi connectivity index (χ1n) is 4.18. The van der Waals surface area contributed by atoms with Gasteiger partial charge in [0.15, 0.2) is 0 Å². The van der Waals surface area contributed by atoms with E-state index in [1.807, 2.05) is 0 Å². The molecule has 0 fully saturated rings. The molecule has 1 rings (SSSR count). The number of hydrogen-bond acceptors (Lipinski definition) is 2. The van der Waals surface area contributed by atoms with Crippen LogP contribution in [0.5, 0.6) is 5.75 Å². The second kappa shape index (κ2) is 4.73. The van der Waals surface area contributed by atoms with E-state index in [4.69, 9.17) is 5.11 Å². The molecule has 0 heterocycles. The Labute approximate surface area is 88.6 Å². The Morgan fingerprint density at radius 1 is 1.31 bits per heavy atom. The Morgan fingerprint density at radius 2 is 1.88 bits per heavy atom. The summed E-state index contributed by atoms with van der Waals surface area (Å²) in [7, 11) is 0. The molecule has 0 radical (unpaired) electrons. The van der Waals surface area contributed by atoms with E-state index >= 15 is 0 Å². The fourth-order valence-electron chi connectivity index (χ4n) is 0.987. The number of amides is 1. The van der Waals surface area contributed by atoms with E-state index in [0.29, 0.717) is 5.56 Å². The number of benzene rings is 1. The number of halogens is 3. The number of rotatable bonds is 3.